The average molecular weight is 399 g/mol. The minimum Gasteiger partial charge on any atom is -0.272 e. The van der Waals surface area contributed by atoms with Gasteiger partial charge in [0.05, 0.1) is 15.9 Å². The van der Waals surface area contributed by atoms with Crippen molar-refractivity contribution in [2.75, 3.05) is 0 Å². The van der Waals surface area contributed by atoms with Crippen LogP contribution in [-0.2, 0) is 4.79 Å². The summed E-state index contributed by atoms with van der Waals surface area (Å²) in [4.78, 5) is 13.7. The van der Waals surface area contributed by atoms with E-state index < -0.39 is 0 Å². The third-order valence-electron chi connectivity index (χ3n) is 3.49. The largest absolute Gasteiger partial charge is 0.272 e. The minimum atomic E-state index is -0.389. The van der Waals surface area contributed by atoms with Crippen LogP contribution in [0.1, 0.15) is 21.9 Å². The fraction of sp³-hybridized carbons (Fsp3) is 0.0526. The number of halogens is 1. The molecular formula is C19H15BrN2OS. The van der Waals surface area contributed by atoms with E-state index in [0.29, 0.717) is 0 Å². The molecule has 120 valence electrons. The highest BCUT2D eigenvalue weighted by Gasteiger charge is 2.22. The first-order valence-corrected chi connectivity index (χ1v) is 9.03. The second-order valence-electron chi connectivity index (χ2n) is 5.13. The lowest BCUT2D eigenvalue weighted by atomic mass is 9.91. The van der Waals surface area contributed by atoms with Crippen LogP contribution in [0.3, 0.4) is 0 Å². The number of hydrazone groups is 1. The summed E-state index contributed by atoms with van der Waals surface area (Å²) in [5, 5.41) is 4.09. The first-order valence-electron chi connectivity index (χ1n) is 7.42. The summed E-state index contributed by atoms with van der Waals surface area (Å²) in [5.74, 6) is -0.543. The van der Waals surface area contributed by atoms with E-state index in [9.17, 15) is 4.79 Å². The van der Waals surface area contributed by atoms with E-state index >= 15 is 0 Å². The number of nitrogens with one attached hydrogen (secondary N) is 1. The molecule has 0 saturated heterocycles. The predicted octanol–water partition coefficient (Wildman–Crippen LogP) is 4.79. The van der Waals surface area contributed by atoms with E-state index in [1.807, 2.05) is 72.8 Å². The summed E-state index contributed by atoms with van der Waals surface area (Å²) in [6.07, 6.45) is 1.65. The van der Waals surface area contributed by atoms with E-state index in [1.54, 1.807) is 17.6 Å². The molecule has 3 nitrogen and oxygen atoms in total. The molecule has 1 aromatic heterocycles. The Morgan fingerprint density at radius 1 is 0.958 bits per heavy atom. The molecule has 0 bridgehead atoms. The maximum absolute atomic E-state index is 12.7. The van der Waals surface area contributed by atoms with Crippen LogP contribution < -0.4 is 5.43 Å². The first kappa shape index (κ1) is 16.6. The lowest BCUT2D eigenvalue weighted by Crippen LogP contribution is -2.26. The Labute approximate surface area is 153 Å². The number of nitrogens with zero attached hydrogens (tertiary/aromatic N) is 1. The van der Waals surface area contributed by atoms with Crippen LogP contribution in [0.2, 0.25) is 0 Å². The first-order chi connectivity index (χ1) is 11.7. The number of hydrogen-bond donors (Lipinski definition) is 1. The molecule has 1 heterocycles. The quantitative estimate of drug-likeness (QED) is 0.486. The van der Waals surface area contributed by atoms with Gasteiger partial charge < -0.3 is 0 Å². The van der Waals surface area contributed by atoms with Crippen molar-refractivity contribution in [3.8, 4) is 0 Å². The fourth-order valence-corrected chi connectivity index (χ4v) is 3.70. The Hall–Kier alpha value is -2.24. The van der Waals surface area contributed by atoms with Gasteiger partial charge in [-0.25, -0.2) is 5.43 Å². The summed E-state index contributed by atoms with van der Waals surface area (Å²) in [7, 11) is 0. The molecule has 0 saturated carbocycles. The van der Waals surface area contributed by atoms with Crippen LogP contribution in [0.5, 0.6) is 0 Å². The zero-order valence-electron chi connectivity index (χ0n) is 12.7. The van der Waals surface area contributed by atoms with Gasteiger partial charge in [0.25, 0.3) is 5.91 Å². The van der Waals surface area contributed by atoms with Crippen LogP contribution in [0.15, 0.2) is 81.7 Å². The predicted molar refractivity (Wildman–Crippen MR) is 102 cm³/mol. The molecule has 5 heteroatoms. The highest BCUT2D eigenvalue weighted by Crippen LogP contribution is 2.25. The van der Waals surface area contributed by atoms with Crippen molar-refractivity contribution in [1.82, 2.24) is 5.43 Å². The number of thiophene rings is 1. The Morgan fingerprint density at radius 3 is 2.04 bits per heavy atom. The Bertz CT molecular complexity index is 791. The van der Waals surface area contributed by atoms with Crippen molar-refractivity contribution in [2.45, 2.75) is 5.92 Å². The molecule has 0 spiro atoms. The molecule has 0 aliphatic carbocycles. The van der Waals surface area contributed by atoms with Gasteiger partial charge in [-0.2, -0.15) is 5.10 Å². The van der Waals surface area contributed by atoms with Crippen LogP contribution in [-0.4, -0.2) is 12.1 Å². The van der Waals surface area contributed by atoms with Crippen LogP contribution in [0, 0.1) is 0 Å². The van der Waals surface area contributed by atoms with E-state index in [-0.39, 0.29) is 11.8 Å². The molecule has 0 unspecified atom stereocenters. The van der Waals surface area contributed by atoms with Gasteiger partial charge >= 0.3 is 0 Å². The molecule has 0 radical (unpaired) electrons. The summed E-state index contributed by atoms with van der Waals surface area (Å²) in [6.45, 7) is 0. The molecule has 0 atom stereocenters. The van der Waals surface area contributed by atoms with Gasteiger partial charge in [0.15, 0.2) is 0 Å². The molecule has 1 N–H and O–H groups in total. The topological polar surface area (TPSA) is 41.5 Å². The fourth-order valence-electron chi connectivity index (χ4n) is 2.41. The average Bonchev–Trinajstić information content (AvgIpc) is 3.02. The van der Waals surface area contributed by atoms with Crippen molar-refractivity contribution in [3.63, 3.8) is 0 Å². The molecular weight excluding hydrogens is 384 g/mol. The Balaban J connectivity index is 1.80. The molecule has 3 aromatic rings. The van der Waals surface area contributed by atoms with E-state index in [4.69, 9.17) is 0 Å². The molecule has 0 aliphatic rings. The molecule has 0 fully saturated rings. The smallest absolute Gasteiger partial charge is 0.252 e. The third kappa shape index (κ3) is 4.19. The lowest BCUT2D eigenvalue weighted by molar-refractivity contribution is -0.121. The van der Waals surface area contributed by atoms with Gasteiger partial charge in [-0.3, -0.25) is 4.79 Å². The molecule has 0 aliphatic heterocycles. The van der Waals surface area contributed by atoms with Crippen LogP contribution in [0.25, 0.3) is 0 Å². The van der Waals surface area contributed by atoms with Gasteiger partial charge in [0.1, 0.15) is 0 Å². The summed E-state index contributed by atoms with van der Waals surface area (Å²) < 4.78 is 1.03. The maximum Gasteiger partial charge on any atom is 0.252 e. The van der Waals surface area contributed by atoms with Gasteiger partial charge in [-0.1, -0.05) is 60.7 Å². The van der Waals surface area contributed by atoms with Crippen LogP contribution >= 0.6 is 27.3 Å². The van der Waals surface area contributed by atoms with E-state index in [0.717, 1.165) is 19.8 Å². The standard InChI is InChI=1S/C19H15BrN2OS/c20-17-12-11-16(24-17)13-21-22-19(23)18(14-7-3-1-4-8-14)15-9-5-2-6-10-15/h1-13,18H,(H,22,23)/b21-13+. The number of benzene rings is 2. The van der Waals surface area contributed by atoms with Crippen molar-refractivity contribution < 1.29 is 4.79 Å². The molecule has 24 heavy (non-hydrogen) atoms. The summed E-state index contributed by atoms with van der Waals surface area (Å²) in [6, 6.07) is 23.3. The highest BCUT2D eigenvalue weighted by atomic mass is 79.9. The number of carbonyl (C=O) groups is 1. The third-order valence-corrected chi connectivity index (χ3v) is 5.05. The molecule has 2 aromatic carbocycles. The van der Waals surface area contributed by atoms with E-state index in [1.165, 1.54) is 0 Å². The van der Waals surface area contributed by atoms with Crippen molar-refractivity contribution >= 4 is 39.4 Å². The second kappa shape index (κ2) is 8.04. The van der Waals surface area contributed by atoms with Gasteiger partial charge in [-0.05, 0) is 39.2 Å². The van der Waals surface area contributed by atoms with Crippen molar-refractivity contribution in [2.24, 2.45) is 5.10 Å². The molecule has 1 amide bonds. The molecule has 3 rings (SSSR count). The normalized spacial score (nSPS) is 11.1. The maximum atomic E-state index is 12.7. The zero-order chi connectivity index (χ0) is 16.8. The van der Waals surface area contributed by atoms with Gasteiger partial charge in [0, 0.05) is 4.88 Å². The summed E-state index contributed by atoms with van der Waals surface area (Å²) >= 11 is 4.96. The van der Waals surface area contributed by atoms with Crippen molar-refractivity contribution in [3.05, 3.63) is 92.6 Å². The highest BCUT2D eigenvalue weighted by molar-refractivity contribution is 9.11. The lowest BCUT2D eigenvalue weighted by Gasteiger charge is -2.16. The number of hydrogen-bond acceptors (Lipinski definition) is 3. The van der Waals surface area contributed by atoms with Gasteiger partial charge in [0.2, 0.25) is 0 Å². The monoisotopic (exact) mass is 398 g/mol. The Morgan fingerprint density at radius 2 is 1.54 bits per heavy atom. The number of carbonyl (C=O) groups excluding carboxylic acids is 1. The zero-order valence-corrected chi connectivity index (χ0v) is 15.1. The second-order valence-corrected chi connectivity index (χ2v) is 7.63. The SMILES string of the molecule is O=C(N/N=C/c1ccc(Br)s1)C(c1ccccc1)c1ccccc1. The van der Waals surface area contributed by atoms with Crippen molar-refractivity contribution in [1.29, 1.82) is 0 Å². The van der Waals surface area contributed by atoms with E-state index in [2.05, 4.69) is 26.5 Å². The summed E-state index contributed by atoms with van der Waals surface area (Å²) in [5.41, 5.74) is 4.54. The number of amides is 1. The van der Waals surface area contributed by atoms with Crippen LogP contribution in [0.4, 0.5) is 0 Å². The van der Waals surface area contributed by atoms with Gasteiger partial charge in [-0.15, -0.1) is 11.3 Å². The number of rotatable bonds is 5. The minimum absolute atomic E-state index is 0.153. The Kier molecular flexibility index (Phi) is 5.56.